The second-order valence-electron chi connectivity index (χ2n) is 6.76. The Hall–Kier alpha value is -1.71. The first kappa shape index (κ1) is 19.1. The lowest BCUT2D eigenvalue weighted by molar-refractivity contribution is 0.0949. The molecule has 2 heterocycles. The minimum Gasteiger partial charge on any atom is -0.273 e. The Bertz CT molecular complexity index is 944. The molecule has 26 heavy (non-hydrogen) atoms. The molecule has 1 aliphatic carbocycles. The molecule has 3 rings (SSSR count). The maximum Gasteiger partial charge on any atom is 0.276 e. The van der Waals surface area contributed by atoms with E-state index in [0.29, 0.717) is 22.2 Å². The summed E-state index contributed by atoms with van der Waals surface area (Å²) < 4.78 is 26.6. The van der Waals surface area contributed by atoms with Crippen LogP contribution in [0, 0.1) is 19.8 Å². The highest BCUT2D eigenvalue weighted by atomic mass is 32.2. The van der Waals surface area contributed by atoms with Gasteiger partial charge in [0.15, 0.2) is 0 Å². The normalized spacial score (nSPS) is 17.2. The molecule has 2 aromatic heterocycles. The molecule has 7 nitrogen and oxygen atoms in total. The molecule has 0 saturated heterocycles. The van der Waals surface area contributed by atoms with Gasteiger partial charge in [0.2, 0.25) is 0 Å². The van der Waals surface area contributed by atoms with Gasteiger partial charge in [-0.05, 0) is 50.7 Å². The van der Waals surface area contributed by atoms with Gasteiger partial charge in [0.25, 0.3) is 15.9 Å². The van der Waals surface area contributed by atoms with Crippen molar-refractivity contribution in [2.75, 3.05) is 0 Å². The number of amides is 1. The maximum atomic E-state index is 12.5. The zero-order chi connectivity index (χ0) is 19.1. The van der Waals surface area contributed by atoms with Crippen LogP contribution in [0.4, 0.5) is 0 Å². The minimum atomic E-state index is -3.88. The summed E-state index contributed by atoms with van der Waals surface area (Å²) in [6.45, 7) is 5.49. The Morgan fingerprint density at radius 2 is 2.15 bits per heavy atom. The van der Waals surface area contributed by atoms with Gasteiger partial charge in [0.05, 0.1) is 16.3 Å². The molecule has 0 aliphatic heterocycles. The molecule has 2 aromatic rings. The first-order valence-electron chi connectivity index (χ1n) is 8.66. The molecule has 0 spiro atoms. The van der Waals surface area contributed by atoms with E-state index >= 15 is 0 Å². The van der Waals surface area contributed by atoms with Gasteiger partial charge < -0.3 is 0 Å². The molecule has 0 radical (unpaired) electrons. The van der Waals surface area contributed by atoms with Crippen LogP contribution < -0.4 is 10.3 Å². The van der Waals surface area contributed by atoms with Crippen molar-refractivity contribution in [2.24, 2.45) is 13.0 Å². The number of thiophene rings is 1. The van der Waals surface area contributed by atoms with E-state index in [1.54, 1.807) is 20.9 Å². The van der Waals surface area contributed by atoms with Gasteiger partial charge in [-0.3, -0.25) is 14.9 Å². The van der Waals surface area contributed by atoms with Crippen molar-refractivity contribution in [3.05, 3.63) is 32.8 Å². The summed E-state index contributed by atoms with van der Waals surface area (Å²) in [6.07, 6.45) is 4.28. The van der Waals surface area contributed by atoms with Crippen LogP contribution in [0.2, 0.25) is 0 Å². The van der Waals surface area contributed by atoms with E-state index in [9.17, 15) is 13.2 Å². The number of hydrogen-bond acceptors (Lipinski definition) is 5. The second-order valence-corrected chi connectivity index (χ2v) is 9.52. The highest BCUT2D eigenvalue weighted by Crippen LogP contribution is 2.33. The van der Waals surface area contributed by atoms with Crippen molar-refractivity contribution in [3.8, 4) is 0 Å². The molecule has 142 valence electrons. The zero-order valence-corrected chi connectivity index (χ0v) is 17.1. The van der Waals surface area contributed by atoms with Crippen molar-refractivity contribution < 1.29 is 13.2 Å². The van der Waals surface area contributed by atoms with Crippen molar-refractivity contribution in [1.82, 2.24) is 20.0 Å². The predicted octanol–water partition coefficient (Wildman–Crippen LogP) is 2.24. The van der Waals surface area contributed by atoms with Gasteiger partial charge in [0, 0.05) is 11.9 Å². The Labute approximate surface area is 157 Å². The molecule has 0 unspecified atom stereocenters. The van der Waals surface area contributed by atoms with E-state index in [1.807, 2.05) is 6.07 Å². The molecular weight excluding hydrogens is 372 g/mol. The molecule has 0 bridgehead atoms. The average molecular weight is 397 g/mol. The number of carbonyl (C=O) groups is 1. The van der Waals surface area contributed by atoms with E-state index in [1.165, 1.54) is 26.5 Å². The van der Waals surface area contributed by atoms with Crippen LogP contribution in [0.3, 0.4) is 0 Å². The number of hydrazine groups is 1. The number of carbonyl (C=O) groups excluding carboxylic acids is 1. The molecule has 1 amide bonds. The smallest absolute Gasteiger partial charge is 0.273 e. The third-order valence-corrected chi connectivity index (χ3v) is 7.73. The Morgan fingerprint density at radius 3 is 2.77 bits per heavy atom. The van der Waals surface area contributed by atoms with Crippen LogP contribution in [0.5, 0.6) is 0 Å². The fourth-order valence-corrected chi connectivity index (χ4v) is 5.81. The van der Waals surface area contributed by atoms with Crippen LogP contribution in [-0.4, -0.2) is 24.1 Å². The number of nitrogens with one attached hydrogen (secondary N) is 2. The van der Waals surface area contributed by atoms with Gasteiger partial charge >= 0.3 is 0 Å². The number of aryl methyl sites for hydroxylation is 3. The summed E-state index contributed by atoms with van der Waals surface area (Å²) >= 11 is 1.45. The molecular formula is C17H24N4O3S2. The minimum absolute atomic E-state index is 0.0940. The van der Waals surface area contributed by atoms with Gasteiger partial charge in [-0.15, -0.1) is 16.2 Å². The summed E-state index contributed by atoms with van der Waals surface area (Å²) in [7, 11) is -2.20. The summed E-state index contributed by atoms with van der Waals surface area (Å²) in [5, 5.41) is 4.11. The van der Waals surface area contributed by atoms with Crippen LogP contribution in [-0.2, 0) is 29.9 Å². The highest BCUT2D eigenvalue weighted by Gasteiger charge is 2.26. The number of hydrogen-bond donors (Lipinski definition) is 2. The first-order valence-corrected chi connectivity index (χ1v) is 11.0. The number of aromatic nitrogens is 2. The Balaban J connectivity index is 1.72. The lowest BCUT2D eigenvalue weighted by atomic mass is 9.87. The van der Waals surface area contributed by atoms with E-state index in [0.717, 1.165) is 25.7 Å². The molecule has 9 heteroatoms. The fraction of sp³-hybridized carbons (Fsp3) is 0.529. The van der Waals surface area contributed by atoms with E-state index in [4.69, 9.17) is 0 Å². The number of rotatable bonds is 5. The summed E-state index contributed by atoms with van der Waals surface area (Å²) in [4.78, 5) is 16.5. The van der Waals surface area contributed by atoms with Crippen LogP contribution in [0.15, 0.2) is 11.0 Å². The summed E-state index contributed by atoms with van der Waals surface area (Å²) in [6, 6.07) is 1.89. The SMILES string of the molecule is CC[C@@H]1CCc2sc(C(=O)NNS(=O)(=O)c3c(C)nn(C)c3C)cc2C1. The van der Waals surface area contributed by atoms with Gasteiger partial charge in [-0.25, -0.2) is 8.42 Å². The second kappa shape index (κ2) is 7.13. The largest absolute Gasteiger partial charge is 0.276 e. The molecule has 0 fully saturated rings. The molecule has 0 saturated carbocycles. The fourth-order valence-electron chi connectivity index (χ4n) is 3.43. The van der Waals surface area contributed by atoms with Crippen molar-refractivity contribution >= 4 is 27.3 Å². The molecule has 0 aromatic carbocycles. The highest BCUT2D eigenvalue weighted by molar-refractivity contribution is 7.89. The lowest BCUT2D eigenvalue weighted by Gasteiger charge is -2.19. The first-order chi connectivity index (χ1) is 12.2. The summed E-state index contributed by atoms with van der Waals surface area (Å²) in [5.74, 6) is 0.239. The average Bonchev–Trinajstić information content (AvgIpc) is 3.13. The standard InChI is InChI=1S/C17H24N4O3S2/c1-5-12-6-7-14-13(8-12)9-15(25-14)17(22)18-20-26(23,24)16-10(2)19-21(4)11(16)3/h9,12,20H,5-8H2,1-4H3,(H,18,22)/t12-/m1/s1. The third kappa shape index (κ3) is 3.56. The van der Waals surface area contributed by atoms with Gasteiger partial charge in [-0.2, -0.15) is 5.10 Å². The summed E-state index contributed by atoms with van der Waals surface area (Å²) in [5.41, 5.74) is 4.46. The van der Waals surface area contributed by atoms with Crippen molar-refractivity contribution in [3.63, 3.8) is 0 Å². The van der Waals surface area contributed by atoms with Gasteiger partial charge in [0.1, 0.15) is 4.90 Å². The van der Waals surface area contributed by atoms with Gasteiger partial charge in [-0.1, -0.05) is 13.3 Å². The van der Waals surface area contributed by atoms with E-state index in [-0.39, 0.29) is 4.90 Å². The number of sulfonamides is 1. The number of nitrogens with zero attached hydrogens (tertiary/aromatic N) is 2. The molecule has 1 atom stereocenters. The number of fused-ring (bicyclic) bond motifs is 1. The third-order valence-electron chi connectivity index (χ3n) is 5.00. The topological polar surface area (TPSA) is 93.1 Å². The molecule has 1 aliphatic rings. The molecule has 2 N–H and O–H groups in total. The Morgan fingerprint density at radius 1 is 1.42 bits per heavy atom. The van der Waals surface area contributed by atoms with Crippen molar-refractivity contribution in [2.45, 2.75) is 51.3 Å². The Kier molecular flexibility index (Phi) is 5.23. The predicted molar refractivity (Wildman–Crippen MR) is 101 cm³/mol. The van der Waals surface area contributed by atoms with Crippen LogP contribution in [0.1, 0.15) is 51.3 Å². The zero-order valence-electron chi connectivity index (χ0n) is 15.4. The van der Waals surface area contributed by atoms with Crippen LogP contribution >= 0.6 is 11.3 Å². The van der Waals surface area contributed by atoms with E-state index < -0.39 is 15.9 Å². The van der Waals surface area contributed by atoms with Crippen LogP contribution in [0.25, 0.3) is 0 Å². The van der Waals surface area contributed by atoms with E-state index in [2.05, 4.69) is 22.3 Å². The maximum absolute atomic E-state index is 12.5. The quantitative estimate of drug-likeness (QED) is 0.758. The lowest BCUT2D eigenvalue weighted by Crippen LogP contribution is -2.41. The van der Waals surface area contributed by atoms with Crippen molar-refractivity contribution in [1.29, 1.82) is 0 Å². The monoisotopic (exact) mass is 396 g/mol.